The average molecular weight is 453 g/mol. The van der Waals surface area contributed by atoms with E-state index in [1.165, 1.54) is 10.5 Å². The summed E-state index contributed by atoms with van der Waals surface area (Å²) in [6.45, 7) is 2.80. The number of hydrogen-bond donors (Lipinski definition) is 1. The molecule has 3 atom stereocenters. The highest BCUT2D eigenvalue weighted by Crippen LogP contribution is 2.40. The Hall–Kier alpha value is -2.47. The molecule has 1 fully saturated rings. The molecule has 5 nitrogen and oxygen atoms in total. The van der Waals surface area contributed by atoms with Crippen molar-refractivity contribution in [3.8, 4) is 5.75 Å². The second-order valence-corrected chi connectivity index (χ2v) is 9.68. The maximum Gasteiger partial charge on any atom is 0.226 e. The van der Waals surface area contributed by atoms with Gasteiger partial charge in [-0.2, -0.15) is 0 Å². The molecule has 1 N–H and O–H groups in total. The number of thioether (sulfide) groups is 1. The minimum absolute atomic E-state index is 0.0261. The first-order valence-corrected chi connectivity index (χ1v) is 12.6. The first kappa shape index (κ1) is 22.7. The molecule has 2 aliphatic heterocycles. The van der Waals surface area contributed by atoms with Crippen molar-refractivity contribution in [3.63, 3.8) is 0 Å². The summed E-state index contributed by atoms with van der Waals surface area (Å²) < 4.78 is 5.32. The van der Waals surface area contributed by atoms with E-state index in [4.69, 9.17) is 4.74 Å². The molecule has 2 aliphatic rings. The van der Waals surface area contributed by atoms with Gasteiger partial charge >= 0.3 is 0 Å². The summed E-state index contributed by atoms with van der Waals surface area (Å²) in [6, 6.07) is 15.9. The lowest BCUT2D eigenvalue weighted by molar-refractivity contribution is -0.143. The molecule has 6 heteroatoms. The van der Waals surface area contributed by atoms with E-state index in [1.54, 1.807) is 7.11 Å². The van der Waals surface area contributed by atoms with E-state index in [0.29, 0.717) is 19.4 Å². The highest BCUT2D eigenvalue weighted by atomic mass is 32.2. The number of carbonyl (C=O) groups excluding carboxylic acids is 2. The van der Waals surface area contributed by atoms with Crippen molar-refractivity contribution in [2.24, 2.45) is 5.92 Å². The predicted molar refractivity (Wildman–Crippen MR) is 128 cm³/mol. The van der Waals surface area contributed by atoms with Crippen molar-refractivity contribution >= 4 is 23.6 Å². The fourth-order valence-electron chi connectivity index (χ4n) is 4.80. The Bertz CT molecular complexity index is 946. The van der Waals surface area contributed by atoms with E-state index >= 15 is 0 Å². The van der Waals surface area contributed by atoms with Crippen molar-refractivity contribution in [2.45, 2.75) is 56.0 Å². The summed E-state index contributed by atoms with van der Waals surface area (Å²) >= 11 is 1.85. The molecule has 0 bridgehead atoms. The third kappa shape index (κ3) is 4.80. The van der Waals surface area contributed by atoms with Crippen molar-refractivity contribution in [1.29, 1.82) is 0 Å². The quantitative estimate of drug-likeness (QED) is 0.633. The van der Waals surface area contributed by atoms with Crippen LogP contribution in [0.4, 0.5) is 0 Å². The van der Waals surface area contributed by atoms with E-state index in [9.17, 15) is 9.59 Å². The highest BCUT2D eigenvalue weighted by molar-refractivity contribution is 7.99. The zero-order valence-electron chi connectivity index (χ0n) is 18.9. The summed E-state index contributed by atoms with van der Waals surface area (Å²) in [5.41, 5.74) is 2.20. The average Bonchev–Trinajstić information content (AvgIpc) is 2.83. The van der Waals surface area contributed by atoms with Crippen LogP contribution < -0.4 is 10.1 Å². The number of ether oxygens (including phenoxy) is 1. The fourth-order valence-corrected chi connectivity index (χ4v) is 5.93. The van der Waals surface area contributed by atoms with Crippen LogP contribution in [0, 0.1) is 5.92 Å². The van der Waals surface area contributed by atoms with Crippen LogP contribution in [0.5, 0.6) is 5.75 Å². The molecule has 0 spiro atoms. The molecular weight excluding hydrogens is 420 g/mol. The molecule has 2 aromatic carbocycles. The van der Waals surface area contributed by atoms with Gasteiger partial charge < -0.3 is 15.0 Å². The molecule has 0 aliphatic carbocycles. The monoisotopic (exact) mass is 452 g/mol. The van der Waals surface area contributed by atoms with Gasteiger partial charge in [-0.05, 0) is 48.6 Å². The maximum atomic E-state index is 13.6. The number of amides is 2. The number of methoxy groups -OCH3 is 1. The van der Waals surface area contributed by atoms with E-state index < -0.39 is 0 Å². The highest BCUT2D eigenvalue weighted by Gasteiger charge is 2.41. The number of rotatable bonds is 7. The lowest BCUT2D eigenvalue weighted by Crippen LogP contribution is -2.49. The Balaban J connectivity index is 1.61. The smallest absolute Gasteiger partial charge is 0.226 e. The SMILES string of the molecule is CCCCN1C(=O)CCC(C(=O)NC2CCSc3ccccc32)C1c1ccc(OC)cc1. The van der Waals surface area contributed by atoms with Gasteiger partial charge in [-0.1, -0.05) is 43.7 Å². The van der Waals surface area contributed by atoms with Gasteiger partial charge in [-0.25, -0.2) is 0 Å². The first-order chi connectivity index (χ1) is 15.6. The van der Waals surface area contributed by atoms with E-state index in [-0.39, 0.29) is 29.8 Å². The summed E-state index contributed by atoms with van der Waals surface area (Å²) in [4.78, 5) is 29.7. The lowest BCUT2D eigenvalue weighted by Gasteiger charge is -2.41. The molecular formula is C26H32N2O3S. The third-order valence-electron chi connectivity index (χ3n) is 6.53. The summed E-state index contributed by atoms with van der Waals surface area (Å²) in [5, 5.41) is 3.34. The standard InChI is InChI=1S/C26H32N2O3S/c1-3-4-16-28-24(29)14-13-21(25(28)18-9-11-19(31-2)12-10-18)26(30)27-22-15-17-32-23-8-6-5-7-20(22)23/h5-12,21-22,25H,3-4,13-17H2,1-2H3,(H,27,30). The maximum absolute atomic E-state index is 13.6. The second-order valence-electron chi connectivity index (χ2n) is 8.54. The van der Waals surface area contributed by atoms with Crippen LogP contribution in [-0.4, -0.2) is 36.1 Å². The minimum Gasteiger partial charge on any atom is -0.497 e. The van der Waals surface area contributed by atoms with Crippen LogP contribution in [0.2, 0.25) is 0 Å². The van der Waals surface area contributed by atoms with Gasteiger partial charge in [0.15, 0.2) is 0 Å². The minimum atomic E-state index is -0.264. The number of hydrogen-bond acceptors (Lipinski definition) is 4. The van der Waals surface area contributed by atoms with Gasteiger partial charge in [0.2, 0.25) is 11.8 Å². The number of unbranched alkanes of at least 4 members (excludes halogenated alkanes) is 1. The molecule has 2 aromatic rings. The fraction of sp³-hybridized carbons (Fsp3) is 0.462. The normalized spacial score (nSPS) is 22.9. The van der Waals surface area contributed by atoms with Crippen LogP contribution in [0.3, 0.4) is 0 Å². The van der Waals surface area contributed by atoms with Crippen LogP contribution >= 0.6 is 11.8 Å². The number of nitrogens with one attached hydrogen (secondary N) is 1. The van der Waals surface area contributed by atoms with Gasteiger partial charge in [-0.3, -0.25) is 9.59 Å². The first-order valence-electron chi connectivity index (χ1n) is 11.6. The molecule has 1 saturated heterocycles. The van der Waals surface area contributed by atoms with Gasteiger partial charge in [0.1, 0.15) is 5.75 Å². The van der Waals surface area contributed by atoms with Crippen molar-refractivity contribution in [3.05, 3.63) is 59.7 Å². The number of nitrogens with zero attached hydrogens (tertiary/aromatic N) is 1. The molecule has 170 valence electrons. The summed E-state index contributed by atoms with van der Waals surface area (Å²) in [6.07, 6.45) is 3.86. The van der Waals surface area contributed by atoms with Crippen molar-refractivity contribution in [2.75, 3.05) is 19.4 Å². The number of piperidine rings is 1. The zero-order valence-corrected chi connectivity index (χ0v) is 19.7. The largest absolute Gasteiger partial charge is 0.497 e. The predicted octanol–water partition coefficient (Wildman–Crippen LogP) is 5.13. The van der Waals surface area contributed by atoms with Gasteiger partial charge in [-0.15, -0.1) is 11.8 Å². The number of benzene rings is 2. The van der Waals surface area contributed by atoms with Crippen LogP contribution in [0.15, 0.2) is 53.4 Å². The van der Waals surface area contributed by atoms with Crippen LogP contribution in [0.1, 0.15) is 62.2 Å². The van der Waals surface area contributed by atoms with Gasteiger partial charge in [0, 0.05) is 23.6 Å². The Labute approximate surface area is 194 Å². The number of likely N-dealkylation sites (tertiary alicyclic amines) is 1. The topological polar surface area (TPSA) is 58.6 Å². The van der Waals surface area contributed by atoms with E-state index in [0.717, 1.165) is 36.3 Å². The second kappa shape index (κ2) is 10.4. The molecule has 3 unspecified atom stereocenters. The lowest BCUT2D eigenvalue weighted by atomic mass is 9.83. The molecule has 4 rings (SSSR count). The van der Waals surface area contributed by atoms with Crippen molar-refractivity contribution in [1.82, 2.24) is 10.2 Å². The van der Waals surface area contributed by atoms with Crippen LogP contribution in [-0.2, 0) is 9.59 Å². The third-order valence-corrected chi connectivity index (χ3v) is 7.65. The molecule has 0 radical (unpaired) electrons. The van der Waals surface area contributed by atoms with Gasteiger partial charge in [0.05, 0.1) is 25.1 Å². The number of fused-ring (bicyclic) bond motifs is 1. The molecule has 2 amide bonds. The van der Waals surface area contributed by atoms with E-state index in [1.807, 2.05) is 53.1 Å². The van der Waals surface area contributed by atoms with Gasteiger partial charge in [0.25, 0.3) is 0 Å². The molecule has 0 saturated carbocycles. The Kier molecular flexibility index (Phi) is 7.40. The Morgan fingerprint density at radius 1 is 1.16 bits per heavy atom. The van der Waals surface area contributed by atoms with E-state index in [2.05, 4.69) is 24.4 Å². The number of carbonyl (C=O) groups is 2. The Morgan fingerprint density at radius 3 is 2.69 bits per heavy atom. The molecule has 32 heavy (non-hydrogen) atoms. The Morgan fingerprint density at radius 2 is 1.94 bits per heavy atom. The zero-order chi connectivity index (χ0) is 22.5. The summed E-state index contributed by atoms with van der Waals surface area (Å²) in [5.74, 6) is 1.69. The van der Waals surface area contributed by atoms with Crippen LogP contribution in [0.25, 0.3) is 0 Å². The molecule has 2 heterocycles. The summed E-state index contributed by atoms with van der Waals surface area (Å²) in [7, 11) is 1.64. The van der Waals surface area contributed by atoms with Crippen molar-refractivity contribution < 1.29 is 14.3 Å². The molecule has 0 aromatic heterocycles.